The molecule has 1 aromatic carbocycles. The summed E-state index contributed by atoms with van der Waals surface area (Å²) in [4.78, 5) is 20.6. The molecule has 0 fully saturated rings. The minimum atomic E-state index is -0.564. The average Bonchev–Trinajstić information content (AvgIpc) is 2.89. The first-order valence-corrected chi connectivity index (χ1v) is 8.58. The molecule has 0 aliphatic carbocycles. The Bertz CT molecular complexity index is 941. The van der Waals surface area contributed by atoms with E-state index in [9.17, 15) is 4.79 Å². The molecule has 0 aliphatic rings. The summed E-state index contributed by atoms with van der Waals surface area (Å²) in [6, 6.07) is 5.83. The lowest BCUT2D eigenvalue weighted by Gasteiger charge is -2.07. The van der Waals surface area contributed by atoms with E-state index in [1.807, 2.05) is 25.1 Å². The van der Waals surface area contributed by atoms with Crippen LogP contribution in [-0.4, -0.2) is 15.9 Å². The van der Waals surface area contributed by atoms with E-state index < -0.39 is 5.91 Å². The fraction of sp³-hybridized carbons (Fsp3) is 0.0714. The molecule has 0 radical (unpaired) electrons. The molecule has 0 spiro atoms. The van der Waals surface area contributed by atoms with Crippen LogP contribution in [0.2, 0.25) is 20.2 Å². The standard InChI is InChI=1S/C14H7Cl4N3OS/c1-5-2-3-6-7(4-5)23-14(19-6)21-13(22)11-9(16)8(15)10(17)12(18)20-11/h2-4H,1H3,(H,19,21,22). The maximum Gasteiger partial charge on any atom is 0.277 e. The maximum absolute atomic E-state index is 12.3. The molecule has 9 heteroatoms. The number of carbonyl (C=O) groups excluding carboxylic acids is 1. The molecule has 118 valence electrons. The number of aromatic nitrogens is 2. The predicted molar refractivity (Wildman–Crippen MR) is 96.6 cm³/mol. The third kappa shape index (κ3) is 3.25. The summed E-state index contributed by atoms with van der Waals surface area (Å²) < 4.78 is 0.964. The Morgan fingerprint density at radius 1 is 1.09 bits per heavy atom. The van der Waals surface area contributed by atoms with Gasteiger partial charge in [-0.2, -0.15) is 0 Å². The molecular formula is C14H7Cl4N3OS. The molecule has 0 aliphatic heterocycles. The van der Waals surface area contributed by atoms with Gasteiger partial charge in [-0.3, -0.25) is 10.1 Å². The van der Waals surface area contributed by atoms with Crippen molar-refractivity contribution in [3.8, 4) is 0 Å². The van der Waals surface area contributed by atoms with E-state index in [0.717, 1.165) is 15.8 Å². The van der Waals surface area contributed by atoms with Crippen molar-refractivity contribution in [2.75, 3.05) is 5.32 Å². The van der Waals surface area contributed by atoms with Gasteiger partial charge >= 0.3 is 0 Å². The van der Waals surface area contributed by atoms with Gasteiger partial charge in [-0.25, -0.2) is 9.97 Å². The lowest BCUT2D eigenvalue weighted by atomic mass is 10.2. The molecule has 3 aromatic rings. The Balaban J connectivity index is 1.94. The van der Waals surface area contributed by atoms with Crippen molar-refractivity contribution in [1.29, 1.82) is 0 Å². The van der Waals surface area contributed by atoms with E-state index in [0.29, 0.717) is 5.13 Å². The summed E-state index contributed by atoms with van der Waals surface area (Å²) in [6.45, 7) is 1.98. The van der Waals surface area contributed by atoms with Gasteiger partial charge in [0.2, 0.25) is 0 Å². The van der Waals surface area contributed by atoms with Gasteiger partial charge in [-0.05, 0) is 24.6 Å². The maximum atomic E-state index is 12.3. The summed E-state index contributed by atoms with van der Waals surface area (Å²) in [5.74, 6) is -0.564. The number of benzene rings is 1. The second-order valence-corrected chi connectivity index (χ2v) is 7.16. The van der Waals surface area contributed by atoms with E-state index in [1.54, 1.807) is 0 Å². The Hall–Kier alpha value is -1.11. The van der Waals surface area contributed by atoms with Crippen LogP contribution < -0.4 is 5.32 Å². The average molecular weight is 407 g/mol. The molecule has 0 saturated carbocycles. The monoisotopic (exact) mass is 405 g/mol. The van der Waals surface area contributed by atoms with Gasteiger partial charge in [0, 0.05) is 0 Å². The number of halogens is 4. The van der Waals surface area contributed by atoms with Crippen LogP contribution in [0.5, 0.6) is 0 Å². The van der Waals surface area contributed by atoms with Gasteiger partial charge in [-0.15, -0.1) is 0 Å². The number of rotatable bonds is 2. The smallest absolute Gasteiger partial charge is 0.277 e. The van der Waals surface area contributed by atoms with E-state index in [1.165, 1.54) is 11.3 Å². The molecule has 2 heterocycles. The fourth-order valence-electron chi connectivity index (χ4n) is 1.88. The SMILES string of the molecule is Cc1ccc2nc(NC(=O)c3nc(Cl)c(Cl)c(Cl)c3Cl)sc2c1. The predicted octanol–water partition coefficient (Wildman–Crippen LogP) is 5.87. The highest BCUT2D eigenvalue weighted by atomic mass is 35.5. The number of nitrogens with one attached hydrogen (secondary N) is 1. The van der Waals surface area contributed by atoms with Crippen LogP contribution in [0.1, 0.15) is 16.1 Å². The van der Waals surface area contributed by atoms with Crippen molar-refractivity contribution >= 4 is 79.0 Å². The molecule has 2 aromatic heterocycles. The third-order valence-electron chi connectivity index (χ3n) is 2.96. The Morgan fingerprint density at radius 2 is 1.83 bits per heavy atom. The molecule has 4 nitrogen and oxygen atoms in total. The summed E-state index contributed by atoms with van der Waals surface area (Å²) in [7, 11) is 0. The molecule has 0 atom stereocenters. The second-order valence-electron chi connectivity index (χ2n) is 4.64. The van der Waals surface area contributed by atoms with Crippen LogP contribution in [0.3, 0.4) is 0 Å². The summed E-state index contributed by atoms with van der Waals surface area (Å²) in [5.41, 5.74) is 1.80. The van der Waals surface area contributed by atoms with Gasteiger partial charge in [0.15, 0.2) is 10.8 Å². The lowest BCUT2D eigenvalue weighted by Crippen LogP contribution is -2.14. The highest BCUT2D eigenvalue weighted by Crippen LogP contribution is 2.36. The van der Waals surface area contributed by atoms with Crippen molar-refractivity contribution in [3.63, 3.8) is 0 Å². The third-order valence-corrected chi connectivity index (χ3v) is 5.58. The number of amides is 1. The van der Waals surface area contributed by atoms with Crippen molar-refractivity contribution in [3.05, 3.63) is 49.7 Å². The number of hydrogen-bond acceptors (Lipinski definition) is 4. The van der Waals surface area contributed by atoms with Crippen molar-refractivity contribution in [1.82, 2.24) is 9.97 Å². The normalized spacial score (nSPS) is 11.0. The Morgan fingerprint density at radius 3 is 2.57 bits per heavy atom. The summed E-state index contributed by atoms with van der Waals surface area (Å²) >= 11 is 25.0. The summed E-state index contributed by atoms with van der Waals surface area (Å²) in [6.07, 6.45) is 0. The van der Waals surface area contributed by atoms with Crippen LogP contribution in [0.15, 0.2) is 18.2 Å². The van der Waals surface area contributed by atoms with Gasteiger partial charge < -0.3 is 0 Å². The van der Waals surface area contributed by atoms with Gasteiger partial charge in [0.1, 0.15) is 5.15 Å². The number of nitrogens with zero attached hydrogens (tertiary/aromatic N) is 2. The highest BCUT2D eigenvalue weighted by molar-refractivity contribution is 7.22. The first-order valence-electron chi connectivity index (χ1n) is 6.25. The van der Waals surface area contributed by atoms with Gasteiger partial charge in [0.25, 0.3) is 5.91 Å². The van der Waals surface area contributed by atoms with Crippen LogP contribution in [0.4, 0.5) is 5.13 Å². The molecule has 1 amide bonds. The molecule has 0 bridgehead atoms. The first-order chi connectivity index (χ1) is 10.9. The Kier molecular flexibility index (Phi) is 4.67. The highest BCUT2D eigenvalue weighted by Gasteiger charge is 2.21. The zero-order valence-electron chi connectivity index (χ0n) is 11.5. The molecule has 23 heavy (non-hydrogen) atoms. The van der Waals surface area contributed by atoms with Gasteiger partial charge in [-0.1, -0.05) is 63.8 Å². The number of anilines is 1. The van der Waals surface area contributed by atoms with Crippen molar-refractivity contribution in [2.24, 2.45) is 0 Å². The minimum Gasteiger partial charge on any atom is -0.296 e. The topological polar surface area (TPSA) is 54.9 Å². The number of aryl methyl sites for hydroxylation is 1. The molecule has 3 rings (SSSR count). The summed E-state index contributed by atoms with van der Waals surface area (Å²) in [5, 5.41) is 2.91. The van der Waals surface area contributed by atoms with Crippen molar-refractivity contribution in [2.45, 2.75) is 6.92 Å². The van der Waals surface area contributed by atoms with Crippen LogP contribution in [-0.2, 0) is 0 Å². The zero-order valence-corrected chi connectivity index (χ0v) is 15.3. The second kappa shape index (κ2) is 6.42. The van der Waals surface area contributed by atoms with E-state index in [4.69, 9.17) is 46.4 Å². The van der Waals surface area contributed by atoms with E-state index in [-0.39, 0.29) is 25.9 Å². The van der Waals surface area contributed by atoms with Crippen LogP contribution in [0, 0.1) is 6.92 Å². The molecule has 0 saturated heterocycles. The number of carbonyl (C=O) groups is 1. The number of hydrogen-bond donors (Lipinski definition) is 1. The van der Waals surface area contributed by atoms with E-state index >= 15 is 0 Å². The quantitative estimate of drug-likeness (QED) is 0.541. The van der Waals surface area contributed by atoms with Gasteiger partial charge in [0.05, 0.1) is 25.3 Å². The number of thiazole rings is 1. The molecular weight excluding hydrogens is 400 g/mol. The fourth-order valence-corrected chi connectivity index (χ4v) is 3.65. The lowest BCUT2D eigenvalue weighted by molar-refractivity contribution is 0.102. The van der Waals surface area contributed by atoms with E-state index in [2.05, 4.69) is 15.3 Å². The zero-order chi connectivity index (χ0) is 16.7. The van der Waals surface area contributed by atoms with Crippen molar-refractivity contribution < 1.29 is 4.79 Å². The largest absolute Gasteiger partial charge is 0.296 e. The molecule has 0 unspecified atom stereocenters. The Labute approximate surface area is 155 Å². The van der Waals surface area contributed by atoms with Crippen LogP contribution in [0.25, 0.3) is 10.2 Å². The molecule has 1 N–H and O–H groups in total. The number of pyridine rings is 1. The first kappa shape index (κ1) is 16.7. The number of fused-ring (bicyclic) bond motifs is 1. The minimum absolute atomic E-state index is 0.00495. The van der Waals surface area contributed by atoms with Crippen LogP contribution >= 0.6 is 57.7 Å².